The van der Waals surface area contributed by atoms with E-state index in [-0.39, 0.29) is 0 Å². The molecular weight excluding hydrogens is 254 g/mol. The van der Waals surface area contributed by atoms with Crippen molar-refractivity contribution in [2.75, 3.05) is 0 Å². The Balaban J connectivity index is 1.52. The second-order valence-corrected chi connectivity index (χ2v) is 6.69. The number of hydrogen-bond donors (Lipinski definition) is 1. The zero-order chi connectivity index (χ0) is 13.1. The third-order valence-electron chi connectivity index (χ3n) is 5.08. The number of benzene rings is 1. The van der Waals surface area contributed by atoms with Gasteiger partial charge < -0.3 is 5.32 Å². The van der Waals surface area contributed by atoms with Crippen LogP contribution in [-0.4, -0.2) is 6.04 Å². The lowest BCUT2D eigenvalue weighted by molar-refractivity contribution is 0.143. The summed E-state index contributed by atoms with van der Waals surface area (Å²) in [5.41, 5.74) is 1.23. The first-order valence-corrected chi connectivity index (χ1v) is 8.17. The van der Waals surface area contributed by atoms with Gasteiger partial charge in [0, 0.05) is 17.6 Å². The van der Waals surface area contributed by atoms with Crippen molar-refractivity contribution >= 4 is 11.6 Å². The molecule has 3 unspecified atom stereocenters. The number of hydrogen-bond acceptors (Lipinski definition) is 1. The molecule has 1 aromatic carbocycles. The van der Waals surface area contributed by atoms with Crippen LogP contribution >= 0.6 is 11.6 Å². The minimum Gasteiger partial charge on any atom is -0.310 e. The van der Waals surface area contributed by atoms with Crippen molar-refractivity contribution in [3.63, 3.8) is 0 Å². The fraction of sp³-hybridized carbons (Fsp3) is 0.647. The molecule has 2 aliphatic rings. The van der Waals surface area contributed by atoms with Crippen LogP contribution in [0.25, 0.3) is 0 Å². The van der Waals surface area contributed by atoms with Gasteiger partial charge in [0.25, 0.3) is 0 Å². The molecule has 2 heteroatoms. The summed E-state index contributed by atoms with van der Waals surface area (Å²) in [6, 6.07) is 8.88. The maximum absolute atomic E-state index is 6.21. The van der Waals surface area contributed by atoms with Gasteiger partial charge in [-0.15, -0.1) is 0 Å². The molecule has 3 atom stereocenters. The van der Waals surface area contributed by atoms with Crippen LogP contribution in [0.2, 0.25) is 5.02 Å². The van der Waals surface area contributed by atoms with Crippen molar-refractivity contribution in [2.45, 2.75) is 57.5 Å². The quantitative estimate of drug-likeness (QED) is 0.838. The Morgan fingerprint density at radius 3 is 2.63 bits per heavy atom. The normalized spacial score (nSPS) is 30.9. The van der Waals surface area contributed by atoms with E-state index in [1.165, 1.54) is 50.5 Å². The molecule has 0 radical (unpaired) electrons. The molecule has 2 saturated carbocycles. The highest BCUT2D eigenvalue weighted by Gasteiger charge is 2.31. The van der Waals surface area contributed by atoms with E-state index in [0.717, 1.165) is 23.4 Å². The van der Waals surface area contributed by atoms with Gasteiger partial charge in [-0.2, -0.15) is 0 Å². The molecule has 0 bridgehead atoms. The second kappa shape index (κ2) is 6.28. The molecule has 0 amide bonds. The molecule has 2 aliphatic carbocycles. The molecule has 1 aromatic rings. The maximum Gasteiger partial charge on any atom is 0.0450 e. The fourth-order valence-corrected chi connectivity index (χ4v) is 4.16. The molecule has 104 valence electrons. The Bertz CT molecular complexity index is 417. The van der Waals surface area contributed by atoms with Crippen molar-refractivity contribution in [1.29, 1.82) is 0 Å². The van der Waals surface area contributed by atoms with Gasteiger partial charge in [0.15, 0.2) is 0 Å². The zero-order valence-corrected chi connectivity index (χ0v) is 12.3. The van der Waals surface area contributed by atoms with Gasteiger partial charge in [-0.25, -0.2) is 0 Å². The fourth-order valence-electron chi connectivity index (χ4n) is 3.95. The van der Waals surface area contributed by atoms with Crippen molar-refractivity contribution in [1.82, 2.24) is 5.32 Å². The number of rotatable bonds is 3. The van der Waals surface area contributed by atoms with E-state index in [1.54, 1.807) is 0 Å². The third kappa shape index (κ3) is 3.32. The first kappa shape index (κ1) is 13.5. The highest BCUT2D eigenvalue weighted by molar-refractivity contribution is 6.31. The van der Waals surface area contributed by atoms with Crippen LogP contribution in [0.15, 0.2) is 24.3 Å². The van der Waals surface area contributed by atoms with Crippen molar-refractivity contribution in [3.8, 4) is 0 Å². The highest BCUT2D eigenvalue weighted by Crippen LogP contribution is 2.40. The number of fused-ring (bicyclic) bond motifs is 1. The van der Waals surface area contributed by atoms with Crippen molar-refractivity contribution in [2.24, 2.45) is 11.8 Å². The summed E-state index contributed by atoms with van der Waals surface area (Å²) < 4.78 is 0. The van der Waals surface area contributed by atoms with Crippen LogP contribution in [0.5, 0.6) is 0 Å². The average molecular weight is 278 g/mol. The largest absolute Gasteiger partial charge is 0.310 e. The Hall–Kier alpha value is -0.530. The van der Waals surface area contributed by atoms with E-state index >= 15 is 0 Å². The molecule has 0 heterocycles. The summed E-state index contributed by atoms with van der Waals surface area (Å²) in [7, 11) is 0. The molecule has 0 aliphatic heterocycles. The van der Waals surface area contributed by atoms with E-state index in [9.17, 15) is 0 Å². The Morgan fingerprint density at radius 2 is 1.79 bits per heavy atom. The van der Waals surface area contributed by atoms with E-state index in [4.69, 9.17) is 11.6 Å². The lowest BCUT2D eigenvalue weighted by Gasteiger charge is -2.39. The minimum atomic E-state index is 0.704. The summed E-state index contributed by atoms with van der Waals surface area (Å²) in [4.78, 5) is 0. The van der Waals surface area contributed by atoms with Crippen LogP contribution in [0, 0.1) is 11.8 Å². The lowest BCUT2D eigenvalue weighted by atomic mass is 9.69. The molecule has 0 spiro atoms. The molecule has 3 rings (SSSR count). The van der Waals surface area contributed by atoms with Gasteiger partial charge >= 0.3 is 0 Å². The lowest BCUT2D eigenvalue weighted by Crippen LogP contribution is -2.38. The number of nitrogens with one attached hydrogen (secondary N) is 1. The summed E-state index contributed by atoms with van der Waals surface area (Å²) in [5.74, 6) is 2.03. The minimum absolute atomic E-state index is 0.704. The van der Waals surface area contributed by atoms with Crippen LogP contribution in [-0.2, 0) is 6.54 Å². The summed E-state index contributed by atoms with van der Waals surface area (Å²) in [6.07, 6.45) is 10.1. The molecule has 0 aromatic heterocycles. The van der Waals surface area contributed by atoms with Crippen molar-refractivity contribution < 1.29 is 0 Å². The van der Waals surface area contributed by atoms with Crippen LogP contribution in [0.4, 0.5) is 0 Å². The highest BCUT2D eigenvalue weighted by atomic mass is 35.5. The predicted molar refractivity (Wildman–Crippen MR) is 81.4 cm³/mol. The van der Waals surface area contributed by atoms with E-state index in [0.29, 0.717) is 6.04 Å². The number of halogens is 1. The van der Waals surface area contributed by atoms with Gasteiger partial charge in [0.2, 0.25) is 0 Å². The van der Waals surface area contributed by atoms with E-state index < -0.39 is 0 Å². The van der Waals surface area contributed by atoms with Gasteiger partial charge in [0.05, 0.1) is 0 Å². The maximum atomic E-state index is 6.21. The predicted octanol–water partition coefficient (Wildman–Crippen LogP) is 4.79. The van der Waals surface area contributed by atoms with Crippen LogP contribution < -0.4 is 5.32 Å². The van der Waals surface area contributed by atoms with E-state index in [1.807, 2.05) is 12.1 Å². The summed E-state index contributed by atoms with van der Waals surface area (Å²) in [6.45, 7) is 0.918. The van der Waals surface area contributed by atoms with Crippen molar-refractivity contribution in [3.05, 3.63) is 34.9 Å². The average Bonchev–Trinajstić information content (AvgIpc) is 2.46. The smallest absolute Gasteiger partial charge is 0.0450 e. The van der Waals surface area contributed by atoms with Gasteiger partial charge in [-0.05, 0) is 42.7 Å². The third-order valence-corrected chi connectivity index (χ3v) is 5.45. The van der Waals surface area contributed by atoms with Gasteiger partial charge in [0.1, 0.15) is 0 Å². The van der Waals surface area contributed by atoms with Gasteiger partial charge in [-0.3, -0.25) is 0 Å². The monoisotopic (exact) mass is 277 g/mol. The summed E-state index contributed by atoms with van der Waals surface area (Å²) in [5, 5.41) is 4.62. The molecule has 2 fully saturated rings. The second-order valence-electron chi connectivity index (χ2n) is 6.29. The molecular formula is C17H24ClN. The van der Waals surface area contributed by atoms with Crippen LogP contribution in [0.1, 0.15) is 50.5 Å². The first-order valence-electron chi connectivity index (χ1n) is 7.79. The first-order chi connectivity index (χ1) is 9.33. The molecule has 19 heavy (non-hydrogen) atoms. The van der Waals surface area contributed by atoms with E-state index in [2.05, 4.69) is 17.4 Å². The standard InChI is InChI=1S/C17H24ClN/c18-17-8-4-3-7-15(17)12-19-16-10-9-13-5-1-2-6-14(13)11-16/h3-4,7-8,13-14,16,19H,1-2,5-6,9-12H2. The van der Waals surface area contributed by atoms with Crippen LogP contribution in [0.3, 0.4) is 0 Å². The molecule has 0 saturated heterocycles. The SMILES string of the molecule is Clc1ccccc1CNC1CCC2CCCCC2C1. The van der Waals surface area contributed by atoms with Gasteiger partial charge in [-0.1, -0.05) is 55.5 Å². The summed E-state index contributed by atoms with van der Waals surface area (Å²) >= 11 is 6.21. The Morgan fingerprint density at radius 1 is 1.00 bits per heavy atom. The zero-order valence-electron chi connectivity index (χ0n) is 11.6. The molecule has 1 N–H and O–H groups in total. The Kier molecular flexibility index (Phi) is 4.45. The molecule has 1 nitrogen and oxygen atoms in total. The Labute approximate surface area is 121 Å². The topological polar surface area (TPSA) is 12.0 Å².